The molecule has 0 spiro atoms. The van der Waals surface area contributed by atoms with Gasteiger partial charge in [-0.3, -0.25) is 10.1 Å². The first-order valence-electron chi connectivity index (χ1n) is 9.87. The van der Waals surface area contributed by atoms with Crippen molar-refractivity contribution < 1.29 is 13.3 Å². The molecular weight excluding hydrogens is 380 g/mol. The molecule has 8 nitrogen and oxygen atoms in total. The summed E-state index contributed by atoms with van der Waals surface area (Å²) in [6.45, 7) is 8.96. The third kappa shape index (κ3) is 7.03. The van der Waals surface area contributed by atoms with Gasteiger partial charge in [-0.15, -0.1) is 0 Å². The van der Waals surface area contributed by atoms with E-state index >= 15 is 0 Å². The summed E-state index contributed by atoms with van der Waals surface area (Å²) < 4.78 is 27.4. The number of hydrogen-bond acceptors (Lipinski definition) is 6. The maximum Gasteiger partial charge on any atom is 0.293 e. The standard InChI is InChI=1S/C19H32N4O4S/c1-19(2,3)21-28(26,27)16-9-10-17(18(15-16)23(24)25)20-11-8-14-22-12-6-4-5-7-13-22/h9-10,15,20-21H,4-8,11-14H2,1-3H3. The number of nitrogens with zero attached hydrogens (tertiary/aromatic N) is 2. The van der Waals surface area contributed by atoms with Crippen LogP contribution >= 0.6 is 0 Å². The van der Waals surface area contributed by atoms with E-state index in [1.165, 1.54) is 37.8 Å². The fourth-order valence-corrected chi connectivity index (χ4v) is 4.76. The topological polar surface area (TPSA) is 105 Å². The molecule has 9 heteroatoms. The van der Waals surface area contributed by atoms with E-state index in [2.05, 4.69) is 14.9 Å². The van der Waals surface area contributed by atoms with Gasteiger partial charge in [-0.25, -0.2) is 13.1 Å². The van der Waals surface area contributed by atoms with Crippen molar-refractivity contribution >= 4 is 21.4 Å². The molecule has 0 saturated carbocycles. The first-order chi connectivity index (χ1) is 13.1. The van der Waals surface area contributed by atoms with Gasteiger partial charge in [-0.05, 0) is 71.8 Å². The van der Waals surface area contributed by atoms with E-state index in [-0.39, 0.29) is 10.6 Å². The van der Waals surface area contributed by atoms with E-state index in [1.54, 1.807) is 20.8 Å². The second-order valence-corrected chi connectivity index (χ2v) is 10.0. The van der Waals surface area contributed by atoms with Crippen molar-refractivity contribution in [2.75, 3.05) is 31.5 Å². The van der Waals surface area contributed by atoms with Gasteiger partial charge in [0.1, 0.15) is 5.69 Å². The summed E-state index contributed by atoms with van der Waals surface area (Å²) in [6, 6.07) is 3.99. The maximum absolute atomic E-state index is 12.4. The van der Waals surface area contributed by atoms with Gasteiger partial charge in [0.15, 0.2) is 0 Å². The SMILES string of the molecule is CC(C)(C)NS(=O)(=O)c1ccc(NCCCN2CCCCCC2)c([N+](=O)[O-])c1. The monoisotopic (exact) mass is 412 g/mol. The van der Waals surface area contributed by atoms with Crippen LogP contribution in [-0.4, -0.2) is 50.0 Å². The van der Waals surface area contributed by atoms with Crippen LogP contribution in [0.3, 0.4) is 0 Å². The van der Waals surface area contributed by atoms with E-state index in [4.69, 9.17) is 0 Å². The van der Waals surface area contributed by atoms with Crippen LogP contribution < -0.4 is 10.0 Å². The molecule has 0 bridgehead atoms. The molecule has 2 rings (SSSR count). The predicted octanol–water partition coefficient (Wildman–Crippen LogP) is 3.35. The summed E-state index contributed by atoms with van der Waals surface area (Å²) in [7, 11) is -3.82. The summed E-state index contributed by atoms with van der Waals surface area (Å²) in [5.41, 5.74) is -0.556. The lowest BCUT2D eigenvalue weighted by atomic mass is 10.1. The van der Waals surface area contributed by atoms with Gasteiger partial charge in [-0.1, -0.05) is 12.8 Å². The molecule has 1 heterocycles. The Labute approximate surface area is 167 Å². The van der Waals surface area contributed by atoms with Gasteiger partial charge >= 0.3 is 0 Å². The number of hydrogen-bond donors (Lipinski definition) is 2. The lowest BCUT2D eigenvalue weighted by Gasteiger charge is -2.20. The van der Waals surface area contributed by atoms with E-state index < -0.39 is 20.5 Å². The van der Waals surface area contributed by atoms with Crippen molar-refractivity contribution in [3.63, 3.8) is 0 Å². The maximum atomic E-state index is 12.4. The number of likely N-dealkylation sites (tertiary alicyclic amines) is 1. The number of anilines is 1. The number of sulfonamides is 1. The number of rotatable bonds is 8. The van der Waals surface area contributed by atoms with Gasteiger partial charge < -0.3 is 10.2 Å². The molecular formula is C19H32N4O4S. The zero-order valence-electron chi connectivity index (χ0n) is 17.0. The number of nitro groups is 1. The Morgan fingerprint density at radius 2 is 1.79 bits per heavy atom. The lowest BCUT2D eigenvalue weighted by molar-refractivity contribution is -0.384. The lowest BCUT2D eigenvalue weighted by Crippen LogP contribution is -2.40. The molecule has 1 fully saturated rings. The second-order valence-electron chi connectivity index (χ2n) is 8.33. The zero-order chi connectivity index (χ0) is 20.8. The highest BCUT2D eigenvalue weighted by molar-refractivity contribution is 7.89. The molecule has 0 unspecified atom stereocenters. The van der Waals surface area contributed by atoms with Gasteiger partial charge in [0.2, 0.25) is 10.0 Å². The number of benzene rings is 1. The molecule has 0 aliphatic carbocycles. The van der Waals surface area contributed by atoms with Gasteiger partial charge in [0.25, 0.3) is 5.69 Å². The van der Waals surface area contributed by atoms with Crippen molar-refractivity contribution in [1.29, 1.82) is 0 Å². The third-order valence-electron chi connectivity index (χ3n) is 4.58. The van der Waals surface area contributed by atoms with Crippen LogP contribution in [0.4, 0.5) is 11.4 Å². The van der Waals surface area contributed by atoms with Crippen LogP contribution in [0, 0.1) is 10.1 Å². The number of nitro benzene ring substituents is 1. The van der Waals surface area contributed by atoms with Gasteiger partial charge in [0.05, 0.1) is 9.82 Å². The van der Waals surface area contributed by atoms with Gasteiger partial charge in [0, 0.05) is 18.2 Å². The summed E-state index contributed by atoms with van der Waals surface area (Å²) in [4.78, 5) is 13.2. The van der Waals surface area contributed by atoms with Gasteiger partial charge in [-0.2, -0.15) is 0 Å². The third-order valence-corrected chi connectivity index (χ3v) is 6.34. The second kappa shape index (κ2) is 9.67. The van der Waals surface area contributed by atoms with Crippen LogP contribution in [-0.2, 0) is 10.0 Å². The van der Waals surface area contributed by atoms with Crippen molar-refractivity contribution in [2.45, 2.75) is 63.3 Å². The van der Waals surface area contributed by atoms with E-state index in [0.717, 1.165) is 32.1 Å². The fourth-order valence-electron chi connectivity index (χ4n) is 3.33. The van der Waals surface area contributed by atoms with Crippen LogP contribution in [0.25, 0.3) is 0 Å². The van der Waals surface area contributed by atoms with Crippen molar-refractivity contribution in [3.05, 3.63) is 28.3 Å². The molecule has 1 aromatic carbocycles. The van der Waals surface area contributed by atoms with Crippen molar-refractivity contribution in [1.82, 2.24) is 9.62 Å². The summed E-state index contributed by atoms with van der Waals surface area (Å²) in [5.74, 6) is 0. The smallest absolute Gasteiger partial charge is 0.293 e. The van der Waals surface area contributed by atoms with E-state index in [9.17, 15) is 18.5 Å². The van der Waals surface area contributed by atoms with Crippen molar-refractivity contribution in [2.24, 2.45) is 0 Å². The molecule has 28 heavy (non-hydrogen) atoms. The minimum absolute atomic E-state index is 0.107. The molecule has 1 aliphatic heterocycles. The number of nitrogens with one attached hydrogen (secondary N) is 2. The molecule has 0 aromatic heterocycles. The van der Waals surface area contributed by atoms with E-state index in [1.807, 2.05) is 0 Å². The average Bonchev–Trinajstić information content (AvgIpc) is 2.85. The minimum atomic E-state index is -3.82. The highest BCUT2D eigenvalue weighted by Gasteiger charge is 2.25. The molecule has 1 aromatic rings. The molecule has 2 N–H and O–H groups in total. The zero-order valence-corrected chi connectivity index (χ0v) is 17.8. The van der Waals surface area contributed by atoms with Crippen LogP contribution in [0.5, 0.6) is 0 Å². The Bertz CT molecular complexity index is 767. The molecule has 1 saturated heterocycles. The summed E-state index contributed by atoms with van der Waals surface area (Å²) in [5, 5.41) is 14.5. The van der Waals surface area contributed by atoms with Crippen molar-refractivity contribution in [3.8, 4) is 0 Å². The van der Waals surface area contributed by atoms with Crippen LogP contribution in [0.15, 0.2) is 23.1 Å². The predicted molar refractivity (Wildman–Crippen MR) is 111 cm³/mol. The average molecular weight is 413 g/mol. The first kappa shape index (κ1) is 22.6. The normalized spacial score (nSPS) is 16.5. The molecule has 0 amide bonds. The summed E-state index contributed by atoms with van der Waals surface area (Å²) >= 11 is 0. The molecule has 0 radical (unpaired) electrons. The van der Waals surface area contributed by atoms with E-state index in [0.29, 0.717) is 12.2 Å². The van der Waals surface area contributed by atoms with Crippen LogP contribution in [0.2, 0.25) is 0 Å². The Morgan fingerprint density at radius 3 is 2.36 bits per heavy atom. The Morgan fingerprint density at radius 1 is 1.14 bits per heavy atom. The minimum Gasteiger partial charge on any atom is -0.379 e. The fraction of sp³-hybridized carbons (Fsp3) is 0.684. The quantitative estimate of drug-likeness (QED) is 0.385. The highest BCUT2D eigenvalue weighted by Crippen LogP contribution is 2.28. The van der Waals surface area contributed by atoms with Crippen LogP contribution in [0.1, 0.15) is 52.9 Å². The molecule has 1 aliphatic rings. The largest absolute Gasteiger partial charge is 0.379 e. The first-order valence-corrected chi connectivity index (χ1v) is 11.4. The highest BCUT2D eigenvalue weighted by atomic mass is 32.2. The Hall–Kier alpha value is -1.71. The Balaban J connectivity index is 2.01. The molecule has 158 valence electrons. The summed E-state index contributed by atoms with van der Waals surface area (Å²) in [6.07, 6.45) is 5.93. The Kier molecular flexibility index (Phi) is 7.79. The molecule has 0 atom stereocenters.